The minimum atomic E-state index is 0.663. The number of nitrogens with one attached hydrogen (secondary N) is 1. The molecule has 0 amide bonds. The second-order valence-corrected chi connectivity index (χ2v) is 5.89. The highest BCUT2D eigenvalue weighted by molar-refractivity contribution is 5.33. The Balaban J connectivity index is 1.87. The van der Waals surface area contributed by atoms with E-state index in [0.717, 1.165) is 5.92 Å². The smallest absolute Gasteiger partial charge is 0.0151 e. The highest BCUT2D eigenvalue weighted by Gasteiger charge is 2.23. The van der Waals surface area contributed by atoms with Crippen molar-refractivity contribution in [2.24, 2.45) is 5.92 Å². The molecular formula is C17H27N. The molecule has 1 nitrogen and oxygen atoms in total. The van der Waals surface area contributed by atoms with E-state index in [4.69, 9.17) is 0 Å². The number of rotatable bonds is 6. The first-order valence-electron chi connectivity index (χ1n) is 7.55. The zero-order chi connectivity index (χ0) is 13.0. The Bertz CT molecular complexity index is 347. The maximum absolute atomic E-state index is 3.88. The minimum absolute atomic E-state index is 0.663. The maximum atomic E-state index is 3.88. The molecule has 2 unspecified atom stereocenters. The lowest BCUT2D eigenvalue weighted by Gasteiger charge is -2.24. The summed E-state index contributed by atoms with van der Waals surface area (Å²) in [5.41, 5.74) is 3.10. The summed E-state index contributed by atoms with van der Waals surface area (Å²) >= 11 is 0. The Labute approximate surface area is 112 Å². The molecule has 1 heteroatoms. The molecule has 2 atom stereocenters. The fraction of sp³-hybridized carbons (Fsp3) is 0.647. The highest BCUT2D eigenvalue weighted by Crippen LogP contribution is 2.23. The van der Waals surface area contributed by atoms with Gasteiger partial charge in [0.25, 0.3) is 0 Å². The molecule has 1 N–H and O–H groups in total. The van der Waals surface area contributed by atoms with Crippen LogP contribution in [0.1, 0.15) is 51.2 Å². The highest BCUT2D eigenvalue weighted by atomic mass is 15.0. The molecule has 0 saturated heterocycles. The third kappa shape index (κ3) is 3.35. The maximum Gasteiger partial charge on any atom is 0.0151 e. The van der Waals surface area contributed by atoms with E-state index in [9.17, 15) is 0 Å². The van der Waals surface area contributed by atoms with Crippen LogP contribution in [0.2, 0.25) is 0 Å². The van der Waals surface area contributed by atoms with Gasteiger partial charge in [0.1, 0.15) is 0 Å². The molecule has 0 bridgehead atoms. The SMILES string of the molecule is CCC(C)CC(CC)NC1Cc2ccccc2C1. The summed E-state index contributed by atoms with van der Waals surface area (Å²) in [7, 11) is 0. The van der Waals surface area contributed by atoms with Crippen LogP contribution in [-0.2, 0) is 12.8 Å². The van der Waals surface area contributed by atoms with E-state index < -0.39 is 0 Å². The Morgan fingerprint density at radius 2 is 1.72 bits per heavy atom. The van der Waals surface area contributed by atoms with Crippen LogP contribution >= 0.6 is 0 Å². The van der Waals surface area contributed by atoms with Gasteiger partial charge in [-0.1, -0.05) is 51.5 Å². The molecule has 2 rings (SSSR count). The summed E-state index contributed by atoms with van der Waals surface area (Å²) in [4.78, 5) is 0. The molecule has 0 aliphatic heterocycles. The minimum Gasteiger partial charge on any atom is -0.311 e. The molecule has 0 spiro atoms. The van der Waals surface area contributed by atoms with Crippen molar-refractivity contribution < 1.29 is 0 Å². The fourth-order valence-corrected chi connectivity index (χ4v) is 3.01. The Kier molecular flexibility index (Phi) is 4.82. The lowest BCUT2D eigenvalue weighted by Crippen LogP contribution is -2.39. The fourth-order valence-electron chi connectivity index (χ4n) is 3.01. The topological polar surface area (TPSA) is 12.0 Å². The molecule has 0 saturated carbocycles. The number of fused-ring (bicyclic) bond motifs is 1. The lowest BCUT2D eigenvalue weighted by molar-refractivity contribution is 0.351. The van der Waals surface area contributed by atoms with Gasteiger partial charge in [-0.3, -0.25) is 0 Å². The third-order valence-electron chi connectivity index (χ3n) is 4.40. The molecule has 1 aliphatic carbocycles. The van der Waals surface area contributed by atoms with E-state index in [1.54, 1.807) is 11.1 Å². The van der Waals surface area contributed by atoms with E-state index >= 15 is 0 Å². The predicted molar refractivity (Wildman–Crippen MR) is 78.9 cm³/mol. The summed E-state index contributed by atoms with van der Waals surface area (Å²) in [5.74, 6) is 0.839. The summed E-state index contributed by atoms with van der Waals surface area (Å²) < 4.78 is 0. The van der Waals surface area contributed by atoms with Crippen molar-refractivity contribution in [3.63, 3.8) is 0 Å². The van der Waals surface area contributed by atoms with Crippen molar-refractivity contribution in [3.8, 4) is 0 Å². The zero-order valence-corrected chi connectivity index (χ0v) is 12.1. The molecule has 100 valence electrons. The Hall–Kier alpha value is -0.820. The number of benzene rings is 1. The van der Waals surface area contributed by atoms with E-state index in [1.165, 1.54) is 32.1 Å². The molecule has 1 aromatic carbocycles. The molecule has 1 aliphatic rings. The summed E-state index contributed by atoms with van der Waals surface area (Å²) in [6.07, 6.45) is 6.29. The number of hydrogen-bond acceptors (Lipinski definition) is 1. The van der Waals surface area contributed by atoms with Gasteiger partial charge in [0.2, 0.25) is 0 Å². The van der Waals surface area contributed by atoms with Crippen LogP contribution in [0, 0.1) is 5.92 Å². The Morgan fingerprint density at radius 1 is 1.11 bits per heavy atom. The van der Waals surface area contributed by atoms with E-state index in [1.807, 2.05) is 0 Å². The van der Waals surface area contributed by atoms with Crippen molar-refractivity contribution in [2.75, 3.05) is 0 Å². The van der Waals surface area contributed by atoms with Gasteiger partial charge in [-0.15, -0.1) is 0 Å². The molecule has 0 radical (unpaired) electrons. The zero-order valence-electron chi connectivity index (χ0n) is 12.1. The van der Waals surface area contributed by atoms with Gasteiger partial charge < -0.3 is 5.32 Å². The van der Waals surface area contributed by atoms with E-state index in [0.29, 0.717) is 12.1 Å². The average Bonchev–Trinajstić information content (AvgIpc) is 2.79. The van der Waals surface area contributed by atoms with Gasteiger partial charge in [-0.25, -0.2) is 0 Å². The first-order valence-corrected chi connectivity index (χ1v) is 7.55. The molecule has 1 aromatic rings. The van der Waals surface area contributed by atoms with Crippen LogP contribution in [0.3, 0.4) is 0 Å². The van der Waals surface area contributed by atoms with Gasteiger partial charge in [-0.2, -0.15) is 0 Å². The standard InChI is InChI=1S/C17H27N/c1-4-13(3)10-16(5-2)18-17-11-14-8-6-7-9-15(14)12-17/h6-9,13,16-18H,4-5,10-12H2,1-3H3. The number of hydrogen-bond donors (Lipinski definition) is 1. The first kappa shape index (κ1) is 13.6. The van der Waals surface area contributed by atoms with E-state index in [2.05, 4.69) is 50.4 Å². The van der Waals surface area contributed by atoms with Gasteiger partial charge in [0.05, 0.1) is 0 Å². The second-order valence-electron chi connectivity index (χ2n) is 5.89. The van der Waals surface area contributed by atoms with Gasteiger partial charge >= 0.3 is 0 Å². The van der Waals surface area contributed by atoms with Crippen molar-refractivity contribution in [1.82, 2.24) is 5.32 Å². The van der Waals surface area contributed by atoms with Crippen LogP contribution in [0.4, 0.5) is 0 Å². The normalized spacial score (nSPS) is 18.6. The molecule has 0 fully saturated rings. The molecule has 18 heavy (non-hydrogen) atoms. The van der Waals surface area contributed by atoms with Crippen molar-refractivity contribution >= 4 is 0 Å². The van der Waals surface area contributed by atoms with Gasteiger partial charge in [0.15, 0.2) is 0 Å². The van der Waals surface area contributed by atoms with Crippen molar-refractivity contribution in [1.29, 1.82) is 0 Å². The summed E-state index contributed by atoms with van der Waals surface area (Å²) in [6.45, 7) is 6.97. The summed E-state index contributed by atoms with van der Waals surface area (Å²) in [5, 5.41) is 3.88. The molecule has 0 aromatic heterocycles. The lowest BCUT2D eigenvalue weighted by atomic mass is 9.97. The molecule has 0 heterocycles. The van der Waals surface area contributed by atoms with Crippen LogP contribution < -0.4 is 5.32 Å². The quantitative estimate of drug-likeness (QED) is 0.800. The third-order valence-corrected chi connectivity index (χ3v) is 4.40. The monoisotopic (exact) mass is 245 g/mol. The summed E-state index contributed by atoms with van der Waals surface area (Å²) in [6, 6.07) is 10.3. The van der Waals surface area contributed by atoms with Crippen LogP contribution in [-0.4, -0.2) is 12.1 Å². The van der Waals surface area contributed by atoms with E-state index in [-0.39, 0.29) is 0 Å². The largest absolute Gasteiger partial charge is 0.311 e. The van der Waals surface area contributed by atoms with Gasteiger partial charge in [0, 0.05) is 12.1 Å². The van der Waals surface area contributed by atoms with Gasteiger partial charge in [-0.05, 0) is 42.7 Å². The first-order chi connectivity index (χ1) is 8.72. The second kappa shape index (κ2) is 6.38. The van der Waals surface area contributed by atoms with Crippen molar-refractivity contribution in [3.05, 3.63) is 35.4 Å². The van der Waals surface area contributed by atoms with Crippen LogP contribution in [0.25, 0.3) is 0 Å². The predicted octanol–water partition coefficient (Wildman–Crippen LogP) is 3.96. The average molecular weight is 245 g/mol. The van der Waals surface area contributed by atoms with Crippen LogP contribution in [0.15, 0.2) is 24.3 Å². The molecular weight excluding hydrogens is 218 g/mol. The van der Waals surface area contributed by atoms with Crippen molar-refractivity contribution in [2.45, 2.75) is 65.0 Å². The Morgan fingerprint density at radius 3 is 2.22 bits per heavy atom. The van der Waals surface area contributed by atoms with Crippen LogP contribution in [0.5, 0.6) is 0 Å².